The van der Waals surface area contributed by atoms with Crippen molar-refractivity contribution >= 4 is 45.1 Å². The van der Waals surface area contributed by atoms with Crippen molar-refractivity contribution in [2.24, 2.45) is 0 Å². The Hall–Kier alpha value is -3.31. The van der Waals surface area contributed by atoms with Gasteiger partial charge in [0.25, 0.3) is 5.56 Å². The Morgan fingerprint density at radius 3 is 2.09 bits per heavy atom. The Morgan fingerprint density at radius 2 is 1.59 bits per heavy atom. The number of aromatic nitrogens is 2. The van der Waals surface area contributed by atoms with Crippen LogP contribution in [-0.4, -0.2) is 35.0 Å². The maximum Gasteiger partial charge on any atom is 0.435 e. The van der Waals surface area contributed by atoms with E-state index in [0.717, 1.165) is 0 Å². The third-order valence-corrected chi connectivity index (χ3v) is 6.93. The van der Waals surface area contributed by atoms with Crippen LogP contribution in [0.5, 0.6) is 0 Å². The summed E-state index contributed by atoms with van der Waals surface area (Å²) in [7, 11) is 0. The zero-order valence-corrected chi connectivity index (χ0v) is 24.7. The third-order valence-electron chi connectivity index (χ3n) is 5.75. The first-order chi connectivity index (χ1) is 20.3. The fourth-order valence-corrected chi connectivity index (χ4v) is 4.81. The van der Waals surface area contributed by atoms with E-state index in [4.69, 9.17) is 21.1 Å². The van der Waals surface area contributed by atoms with Gasteiger partial charge in [0.2, 0.25) is 12.2 Å². The van der Waals surface area contributed by atoms with Crippen LogP contribution in [-0.2, 0) is 39.3 Å². The standard InChI is InChI=1S/C26H20BrClF9N3O4/c1-3-43-21(22(42)44-4-2)40(16-11-14(24(29,30)31)10-15(17(16)27)25(32,33)34)23-38-19(26(35,36)37)18(28)20(41)39(23)12-13-8-6-5-7-9-13/h5-11,21H,3-4,12H2,1-2H3. The highest BCUT2D eigenvalue weighted by atomic mass is 79.9. The summed E-state index contributed by atoms with van der Waals surface area (Å²) in [6.07, 6.45) is -18.6. The minimum absolute atomic E-state index is 0.130. The SMILES string of the molecule is CCOC(=O)C(OCC)N(c1cc(C(F)(F)F)cc(C(F)(F)F)c1Br)c1nc(C(F)(F)F)c(Cl)c(=O)n1Cc1ccccc1. The van der Waals surface area contributed by atoms with Crippen molar-refractivity contribution in [3.63, 3.8) is 0 Å². The average molecular weight is 725 g/mol. The minimum atomic E-state index is -5.44. The molecule has 1 aromatic heterocycles. The number of hydrogen-bond acceptors (Lipinski definition) is 6. The summed E-state index contributed by atoms with van der Waals surface area (Å²) in [6.45, 7) is 1.11. The van der Waals surface area contributed by atoms with Gasteiger partial charge in [0.15, 0.2) is 5.69 Å². The molecule has 0 spiro atoms. The van der Waals surface area contributed by atoms with Gasteiger partial charge in [0.05, 0.1) is 34.4 Å². The van der Waals surface area contributed by atoms with Crippen LogP contribution in [0.15, 0.2) is 51.7 Å². The van der Waals surface area contributed by atoms with Crippen molar-refractivity contribution in [1.29, 1.82) is 0 Å². The van der Waals surface area contributed by atoms with Gasteiger partial charge in [-0.25, -0.2) is 9.78 Å². The van der Waals surface area contributed by atoms with Crippen molar-refractivity contribution in [2.45, 2.75) is 45.1 Å². The van der Waals surface area contributed by atoms with Gasteiger partial charge >= 0.3 is 24.5 Å². The highest BCUT2D eigenvalue weighted by Crippen LogP contribution is 2.46. The molecule has 2 aromatic carbocycles. The van der Waals surface area contributed by atoms with E-state index < -0.39 is 87.4 Å². The summed E-state index contributed by atoms with van der Waals surface area (Å²) in [4.78, 5) is 30.0. The molecule has 0 amide bonds. The molecule has 1 atom stereocenters. The van der Waals surface area contributed by atoms with Gasteiger partial charge in [-0.3, -0.25) is 14.3 Å². The van der Waals surface area contributed by atoms with E-state index in [1.807, 2.05) is 0 Å². The fraction of sp³-hybridized carbons (Fsp3) is 0.346. The number of ether oxygens (including phenoxy) is 2. The zero-order valence-electron chi connectivity index (χ0n) is 22.4. The normalized spacial score (nSPS) is 13.1. The second-order valence-corrected chi connectivity index (χ2v) is 9.90. The lowest BCUT2D eigenvalue weighted by Crippen LogP contribution is -2.45. The lowest BCUT2D eigenvalue weighted by Gasteiger charge is -2.34. The predicted molar refractivity (Wildman–Crippen MR) is 142 cm³/mol. The number of carbonyl (C=O) groups is 1. The number of halogens is 11. The first kappa shape index (κ1) is 35.2. The van der Waals surface area contributed by atoms with E-state index >= 15 is 0 Å². The monoisotopic (exact) mass is 723 g/mol. The topological polar surface area (TPSA) is 73.7 Å². The number of carbonyl (C=O) groups excluding carboxylic acids is 1. The molecule has 1 unspecified atom stereocenters. The maximum absolute atomic E-state index is 14.0. The van der Waals surface area contributed by atoms with Gasteiger partial charge in [0.1, 0.15) is 5.02 Å². The van der Waals surface area contributed by atoms with Crippen LogP contribution < -0.4 is 10.5 Å². The van der Waals surface area contributed by atoms with Crippen LogP contribution in [0, 0.1) is 0 Å². The van der Waals surface area contributed by atoms with Gasteiger partial charge < -0.3 is 9.47 Å². The van der Waals surface area contributed by atoms with Gasteiger partial charge in [-0.05, 0) is 47.5 Å². The highest BCUT2D eigenvalue weighted by molar-refractivity contribution is 9.10. The molecule has 44 heavy (non-hydrogen) atoms. The molecular formula is C26H20BrClF9N3O4. The number of benzene rings is 2. The molecule has 0 aliphatic rings. The third kappa shape index (κ3) is 7.66. The fourth-order valence-electron chi connectivity index (χ4n) is 3.91. The largest absolute Gasteiger partial charge is 0.463 e. The van der Waals surface area contributed by atoms with E-state index in [1.165, 1.54) is 38.1 Å². The summed E-state index contributed by atoms with van der Waals surface area (Å²) in [5.41, 5.74) is -8.34. The van der Waals surface area contributed by atoms with E-state index in [0.29, 0.717) is 4.57 Å². The molecule has 0 aliphatic carbocycles. The van der Waals surface area contributed by atoms with Crippen LogP contribution in [0.2, 0.25) is 5.02 Å². The van der Waals surface area contributed by atoms with Crippen LogP contribution >= 0.6 is 27.5 Å². The second-order valence-electron chi connectivity index (χ2n) is 8.73. The van der Waals surface area contributed by atoms with Crippen LogP contribution in [0.1, 0.15) is 36.2 Å². The molecule has 0 radical (unpaired) electrons. The Bertz CT molecular complexity index is 1560. The first-order valence-corrected chi connectivity index (χ1v) is 13.5. The smallest absolute Gasteiger partial charge is 0.435 e. The first-order valence-electron chi connectivity index (χ1n) is 12.3. The van der Waals surface area contributed by atoms with Gasteiger partial charge in [-0.15, -0.1) is 0 Å². The molecule has 7 nitrogen and oxygen atoms in total. The van der Waals surface area contributed by atoms with Crippen LogP contribution in [0.4, 0.5) is 51.1 Å². The zero-order chi connectivity index (χ0) is 33.2. The molecule has 0 N–H and O–H groups in total. The average Bonchev–Trinajstić information content (AvgIpc) is 2.91. The molecule has 0 saturated heterocycles. The van der Waals surface area contributed by atoms with Crippen molar-refractivity contribution in [3.05, 3.63) is 84.7 Å². The molecule has 1 heterocycles. The summed E-state index contributed by atoms with van der Waals surface area (Å²) in [5, 5.41) is -1.44. The molecule has 3 rings (SSSR count). The minimum Gasteiger partial charge on any atom is -0.463 e. The van der Waals surface area contributed by atoms with Crippen molar-refractivity contribution in [2.75, 3.05) is 18.1 Å². The molecule has 18 heteroatoms. The molecule has 0 aliphatic heterocycles. The number of anilines is 2. The number of rotatable bonds is 9. The molecule has 0 fully saturated rings. The summed E-state index contributed by atoms with van der Waals surface area (Å²) < 4.78 is 135. The van der Waals surface area contributed by atoms with Crippen molar-refractivity contribution in [1.82, 2.24) is 9.55 Å². The molecule has 0 bridgehead atoms. The summed E-state index contributed by atoms with van der Waals surface area (Å²) in [6, 6.07) is 7.25. The molecule has 240 valence electrons. The van der Waals surface area contributed by atoms with E-state index in [9.17, 15) is 49.1 Å². The van der Waals surface area contributed by atoms with Crippen molar-refractivity contribution < 1.29 is 53.8 Å². The molecule has 3 aromatic rings. The van der Waals surface area contributed by atoms with Gasteiger partial charge in [-0.2, -0.15) is 39.5 Å². The predicted octanol–water partition coefficient (Wildman–Crippen LogP) is 7.83. The van der Waals surface area contributed by atoms with E-state index in [2.05, 4.69) is 20.9 Å². The maximum atomic E-state index is 14.0. The lowest BCUT2D eigenvalue weighted by molar-refractivity contribution is -0.155. The summed E-state index contributed by atoms with van der Waals surface area (Å²) in [5.74, 6) is -2.66. The Kier molecular flexibility index (Phi) is 10.7. The number of esters is 1. The van der Waals surface area contributed by atoms with E-state index in [1.54, 1.807) is 6.07 Å². The van der Waals surface area contributed by atoms with Crippen molar-refractivity contribution in [3.8, 4) is 0 Å². The van der Waals surface area contributed by atoms with Gasteiger partial charge in [0, 0.05) is 6.61 Å². The Morgan fingerprint density at radius 1 is 0.977 bits per heavy atom. The summed E-state index contributed by atoms with van der Waals surface area (Å²) >= 11 is 8.37. The highest BCUT2D eigenvalue weighted by Gasteiger charge is 2.44. The molecular weight excluding hydrogens is 705 g/mol. The quantitative estimate of drug-likeness (QED) is 0.127. The van der Waals surface area contributed by atoms with Crippen LogP contribution in [0.25, 0.3) is 0 Å². The molecule has 0 saturated carbocycles. The number of alkyl halides is 9. The second kappa shape index (κ2) is 13.4. The Labute approximate surface area is 256 Å². The number of nitrogens with zero attached hydrogens (tertiary/aromatic N) is 3. The number of hydrogen-bond donors (Lipinski definition) is 0. The van der Waals surface area contributed by atoms with E-state index in [-0.39, 0.29) is 29.2 Å². The van der Waals surface area contributed by atoms with Gasteiger partial charge in [-0.1, -0.05) is 41.9 Å². The lowest BCUT2D eigenvalue weighted by atomic mass is 10.1. The Balaban J connectivity index is 2.60. The van der Waals surface area contributed by atoms with Crippen LogP contribution in [0.3, 0.4) is 0 Å².